The van der Waals surface area contributed by atoms with Crippen molar-refractivity contribution >= 4 is 0 Å². The van der Waals surface area contributed by atoms with E-state index in [2.05, 4.69) is 30.1 Å². The van der Waals surface area contributed by atoms with E-state index in [1.54, 1.807) is 0 Å². The summed E-state index contributed by atoms with van der Waals surface area (Å²) in [5.74, 6) is 0. The molecule has 20 heavy (non-hydrogen) atoms. The lowest BCUT2D eigenvalue weighted by Crippen LogP contribution is -2.45. The van der Waals surface area contributed by atoms with Crippen LogP contribution in [0, 0.1) is 11.3 Å². The molecule has 0 amide bonds. The van der Waals surface area contributed by atoms with E-state index in [1.807, 2.05) is 37.4 Å². The summed E-state index contributed by atoms with van der Waals surface area (Å²) >= 11 is 0. The molecule has 0 aliphatic carbocycles. The minimum Gasteiger partial charge on any atom is -0.299 e. The molecule has 1 aromatic rings. The van der Waals surface area contributed by atoms with Crippen molar-refractivity contribution in [2.24, 2.45) is 0 Å². The van der Waals surface area contributed by atoms with E-state index in [0.29, 0.717) is 0 Å². The molecule has 1 aliphatic heterocycles. The summed E-state index contributed by atoms with van der Waals surface area (Å²) in [6.07, 6.45) is 3.32. The van der Waals surface area contributed by atoms with Gasteiger partial charge in [0.25, 0.3) is 0 Å². The summed E-state index contributed by atoms with van der Waals surface area (Å²) in [4.78, 5) is 2.51. The van der Waals surface area contributed by atoms with Gasteiger partial charge in [-0.15, -0.1) is 0 Å². The summed E-state index contributed by atoms with van der Waals surface area (Å²) in [6, 6.07) is 12.6. The van der Waals surface area contributed by atoms with Crippen LogP contribution in [-0.4, -0.2) is 30.6 Å². The molecule has 108 valence electrons. The highest BCUT2D eigenvalue weighted by atomic mass is 15.2. The molecule has 1 aromatic carbocycles. The monoisotopic (exact) mass is 271 g/mol. The molecular weight excluding hydrogens is 246 g/mol. The number of nitrogens with zero attached hydrogens (tertiary/aromatic N) is 2. The quantitative estimate of drug-likeness (QED) is 0.895. The maximum atomic E-state index is 9.70. The first-order valence-corrected chi connectivity index (χ1v) is 7.45. The first kappa shape index (κ1) is 15.0. The molecule has 0 radical (unpaired) electrons. The van der Waals surface area contributed by atoms with Crippen molar-refractivity contribution in [3.63, 3.8) is 0 Å². The molecule has 1 saturated heterocycles. The van der Waals surface area contributed by atoms with E-state index in [9.17, 15) is 5.26 Å². The first-order chi connectivity index (χ1) is 9.54. The standard InChI is InChI=1S/C17H25N3/c1-16(2)10-7-12-20(16)13-11-17(14-18,19-3)15-8-5-4-6-9-15/h4-6,8-9,19H,7,10-13H2,1-3H3. The molecule has 0 bridgehead atoms. The van der Waals surface area contributed by atoms with Gasteiger partial charge in [-0.1, -0.05) is 30.3 Å². The summed E-state index contributed by atoms with van der Waals surface area (Å²) in [5.41, 5.74) is 0.743. The molecule has 1 unspecified atom stereocenters. The Balaban J connectivity index is 2.13. The second-order valence-corrected chi connectivity index (χ2v) is 6.29. The van der Waals surface area contributed by atoms with Crippen molar-refractivity contribution in [3.8, 4) is 6.07 Å². The maximum absolute atomic E-state index is 9.70. The van der Waals surface area contributed by atoms with Crippen LogP contribution in [0.2, 0.25) is 0 Å². The van der Waals surface area contributed by atoms with Gasteiger partial charge in [0.15, 0.2) is 0 Å². The number of nitriles is 1. The van der Waals surface area contributed by atoms with E-state index < -0.39 is 5.54 Å². The third-order valence-electron chi connectivity index (χ3n) is 4.71. The van der Waals surface area contributed by atoms with Crippen molar-refractivity contribution in [2.75, 3.05) is 20.1 Å². The third-order valence-corrected chi connectivity index (χ3v) is 4.71. The normalized spacial score (nSPS) is 21.3. The molecule has 1 N–H and O–H groups in total. The molecule has 3 heteroatoms. The van der Waals surface area contributed by atoms with Gasteiger partial charge in [-0.25, -0.2) is 0 Å². The Kier molecular flexibility index (Phi) is 4.47. The van der Waals surface area contributed by atoms with E-state index in [4.69, 9.17) is 0 Å². The van der Waals surface area contributed by atoms with Crippen LogP contribution in [-0.2, 0) is 5.54 Å². The number of likely N-dealkylation sites (tertiary alicyclic amines) is 1. The highest BCUT2D eigenvalue weighted by Crippen LogP contribution is 2.31. The molecule has 1 heterocycles. The molecule has 1 fully saturated rings. The predicted molar refractivity (Wildman–Crippen MR) is 82.3 cm³/mol. The van der Waals surface area contributed by atoms with E-state index in [-0.39, 0.29) is 5.54 Å². The maximum Gasteiger partial charge on any atom is 0.133 e. The molecule has 3 nitrogen and oxygen atoms in total. The van der Waals surface area contributed by atoms with Gasteiger partial charge >= 0.3 is 0 Å². The van der Waals surface area contributed by atoms with Crippen LogP contribution >= 0.6 is 0 Å². The SMILES string of the molecule is CNC(C#N)(CCN1CCCC1(C)C)c1ccccc1. The number of nitrogens with one attached hydrogen (secondary N) is 1. The Morgan fingerprint density at radius 1 is 1.35 bits per heavy atom. The van der Waals surface area contributed by atoms with E-state index >= 15 is 0 Å². The fourth-order valence-corrected chi connectivity index (χ4v) is 3.19. The average molecular weight is 271 g/mol. The molecule has 2 rings (SSSR count). The van der Waals surface area contributed by atoms with Gasteiger partial charge in [0.2, 0.25) is 0 Å². The molecular formula is C17H25N3. The Labute approximate surface area is 122 Å². The molecule has 0 saturated carbocycles. The number of benzene rings is 1. The highest BCUT2D eigenvalue weighted by molar-refractivity contribution is 5.31. The Morgan fingerprint density at radius 2 is 2.05 bits per heavy atom. The zero-order valence-electron chi connectivity index (χ0n) is 12.8. The topological polar surface area (TPSA) is 39.1 Å². The summed E-state index contributed by atoms with van der Waals surface area (Å²) in [7, 11) is 1.88. The zero-order chi connectivity index (χ0) is 14.6. The van der Waals surface area contributed by atoms with Gasteiger partial charge in [-0.3, -0.25) is 10.2 Å². The predicted octanol–water partition coefficient (Wildman–Crippen LogP) is 2.89. The number of rotatable bonds is 5. The van der Waals surface area contributed by atoms with Gasteiger partial charge in [-0.2, -0.15) is 5.26 Å². The molecule has 0 spiro atoms. The smallest absolute Gasteiger partial charge is 0.133 e. The molecule has 1 atom stereocenters. The van der Waals surface area contributed by atoms with Gasteiger partial charge in [0, 0.05) is 12.1 Å². The molecule has 0 aromatic heterocycles. The fourth-order valence-electron chi connectivity index (χ4n) is 3.19. The summed E-state index contributed by atoms with van der Waals surface area (Å²) in [6.45, 7) is 6.70. The summed E-state index contributed by atoms with van der Waals surface area (Å²) < 4.78 is 0. The zero-order valence-corrected chi connectivity index (χ0v) is 12.8. The summed E-state index contributed by atoms with van der Waals surface area (Å²) in [5, 5.41) is 12.9. The Bertz CT molecular complexity index is 475. The Hall–Kier alpha value is -1.37. The minimum absolute atomic E-state index is 0.269. The van der Waals surface area contributed by atoms with Crippen molar-refractivity contribution in [3.05, 3.63) is 35.9 Å². The second kappa shape index (κ2) is 5.95. The lowest BCUT2D eigenvalue weighted by molar-refractivity contribution is 0.160. The largest absolute Gasteiger partial charge is 0.299 e. The molecule has 1 aliphatic rings. The van der Waals surface area contributed by atoms with Crippen LogP contribution in [0.5, 0.6) is 0 Å². The third kappa shape index (κ3) is 2.87. The van der Waals surface area contributed by atoms with Crippen molar-refractivity contribution in [1.82, 2.24) is 10.2 Å². The van der Waals surface area contributed by atoms with Crippen molar-refractivity contribution in [1.29, 1.82) is 5.26 Å². The van der Waals surface area contributed by atoms with Crippen LogP contribution in [0.25, 0.3) is 0 Å². The van der Waals surface area contributed by atoms with Gasteiger partial charge in [-0.05, 0) is 52.3 Å². The number of hydrogen-bond acceptors (Lipinski definition) is 3. The van der Waals surface area contributed by atoms with Crippen LogP contribution in [0.15, 0.2) is 30.3 Å². The van der Waals surface area contributed by atoms with E-state index in [0.717, 1.165) is 25.1 Å². The van der Waals surface area contributed by atoms with Crippen LogP contribution in [0.1, 0.15) is 38.7 Å². The number of hydrogen-bond donors (Lipinski definition) is 1. The van der Waals surface area contributed by atoms with Gasteiger partial charge < -0.3 is 0 Å². The lowest BCUT2D eigenvalue weighted by atomic mass is 9.87. The average Bonchev–Trinajstić information content (AvgIpc) is 2.81. The van der Waals surface area contributed by atoms with Crippen LogP contribution in [0.3, 0.4) is 0 Å². The van der Waals surface area contributed by atoms with Gasteiger partial charge in [0.1, 0.15) is 5.54 Å². The fraction of sp³-hybridized carbons (Fsp3) is 0.588. The van der Waals surface area contributed by atoms with E-state index in [1.165, 1.54) is 12.8 Å². The van der Waals surface area contributed by atoms with Crippen molar-refractivity contribution in [2.45, 2.75) is 44.2 Å². The first-order valence-electron chi connectivity index (χ1n) is 7.45. The second-order valence-electron chi connectivity index (χ2n) is 6.29. The minimum atomic E-state index is -0.583. The van der Waals surface area contributed by atoms with Crippen LogP contribution < -0.4 is 5.32 Å². The van der Waals surface area contributed by atoms with Gasteiger partial charge in [0.05, 0.1) is 6.07 Å². The van der Waals surface area contributed by atoms with Crippen LogP contribution in [0.4, 0.5) is 0 Å². The Morgan fingerprint density at radius 3 is 2.55 bits per heavy atom. The highest BCUT2D eigenvalue weighted by Gasteiger charge is 2.36. The van der Waals surface area contributed by atoms with Crippen molar-refractivity contribution < 1.29 is 0 Å². The lowest BCUT2D eigenvalue weighted by Gasteiger charge is -2.35.